The molecule has 0 radical (unpaired) electrons. The summed E-state index contributed by atoms with van der Waals surface area (Å²) in [6, 6.07) is 13.4. The lowest BCUT2D eigenvalue weighted by molar-refractivity contribution is -0.136. The summed E-state index contributed by atoms with van der Waals surface area (Å²) in [4.78, 5) is 24.6. The zero-order chi connectivity index (χ0) is 22.7. The molecular formula is C22H15F3N4O3. The van der Waals surface area contributed by atoms with Crippen molar-refractivity contribution >= 4 is 23.2 Å². The number of rotatable bonds is 5. The molecule has 4 rings (SSSR count). The Morgan fingerprint density at radius 2 is 1.69 bits per heavy atom. The van der Waals surface area contributed by atoms with Crippen LogP contribution in [-0.2, 0) is 6.18 Å². The molecule has 2 heterocycles. The lowest BCUT2D eigenvalue weighted by atomic mass is 10.1. The Bertz CT molecular complexity index is 1250. The maximum atomic E-state index is 13.6. The van der Waals surface area contributed by atoms with Gasteiger partial charge >= 0.3 is 6.18 Å². The van der Waals surface area contributed by atoms with Crippen molar-refractivity contribution in [3.8, 4) is 5.69 Å². The van der Waals surface area contributed by atoms with Crippen LogP contribution in [0.3, 0.4) is 0 Å². The number of alkyl halides is 3. The molecule has 4 aromatic rings. The predicted octanol–water partition coefficient (Wildman–Crippen LogP) is 4.99. The molecule has 162 valence electrons. The minimum atomic E-state index is -4.77. The number of nitrogens with one attached hydrogen (secondary N) is 2. The molecule has 32 heavy (non-hydrogen) atoms. The highest BCUT2D eigenvalue weighted by atomic mass is 19.4. The first-order valence-corrected chi connectivity index (χ1v) is 9.27. The van der Waals surface area contributed by atoms with Gasteiger partial charge in [-0.25, -0.2) is 4.68 Å². The van der Waals surface area contributed by atoms with Gasteiger partial charge in [0.15, 0.2) is 0 Å². The van der Waals surface area contributed by atoms with E-state index in [0.717, 1.165) is 12.1 Å². The van der Waals surface area contributed by atoms with Crippen LogP contribution >= 0.6 is 0 Å². The van der Waals surface area contributed by atoms with Gasteiger partial charge in [-0.2, -0.15) is 18.3 Å². The van der Waals surface area contributed by atoms with E-state index in [2.05, 4.69) is 15.7 Å². The smallest absolute Gasteiger partial charge is 0.418 e. The Hall–Kier alpha value is -4.34. The molecule has 0 unspecified atom stereocenters. The van der Waals surface area contributed by atoms with Crippen molar-refractivity contribution < 1.29 is 27.2 Å². The number of aromatic nitrogens is 2. The topological polar surface area (TPSA) is 89.2 Å². The number of furan rings is 1. The molecule has 2 amide bonds. The Morgan fingerprint density at radius 1 is 0.938 bits per heavy atom. The molecule has 2 aromatic heterocycles. The molecule has 0 fully saturated rings. The van der Waals surface area contributed by atoms with Gasteiger partial charge in [-0.15, -0.1) is 0 Å². The van der Waals surface area contributed by atoms with Crippen LogP contribution in [-0.4, -0.2) is 21.6 Å². The third-order valence-electron chi connectivity index (χ3n) is 4.48. The van der Waals surface area contributed by atoms with Crippen LogP contribution in [0.4, 0.5) is 24.5 Å². The number of halogens is 3. The largest absolute Gasteiger partial charge is 0.472 e. The van der Waals surface area contributed by atoms with E-state index in [1.54, 1.807) is 24.3 Å². The number of benzene rings is 2. The van der Waals surface area contributed by atoms with Crippen molar-refractivity contribution in [1.82, 2.24) is 9.78 Å². The second kappa shape index (κ2) is 8.42. The highest BCUT2D eigenvalue weighted by molar-refractivity contribution is 6.06. The summed E-state index contributed by atoms with van der Waals surface area (Å²) in [5, 5.41) is 8.70. The molecule has 10 heteroatoms. The zero-order valence-electron chi connectivity index (χ0n) is 16.3. The number of carbonyl (C=O) groups excluding carboxylic acids is 2. The van der Waals surface area contributed by atoms with Gasteiger partial charge in [-0.1, -0.05) is 18.2 Å². The summed E-state index contributed by atoms with van der Waals surface area (Å²) >= 11 is 0. The van der Waals surface area contributed by atoms with Crippen molar-refractivity contribution in [2.75, 3.05) is 10.6 Å². The number of hydrogen-bond donors (Lipinski definition) is 2. The first-order valence-electron chi connectivity index (χ1n) is 9.27. The molecule has 0 aliphatic rings. The highest BCUT2D eigenvalue weighted by Gasteiger charge is 2.34. The Balaban J connectivity index is 1.56. The normalized spacial score (nSPS) is 11.2. The van der Waals surface area contributed by atoms with Crippen LogP contribution in [0, 0.1) is 0 Å². The third kappa shape index (κ3) is 4.53. The quantitative estimate of drug-likeness (QED) is 0.458. The lowest BCUT2D eigenvalue weighted by Gasteiger charge is -2.15. The maximum absolute atomic E-state index is 13.6. The van der Waals surface area contributed by atoms with Gasteiger partial charge in [0.25, 0.3) is 11.8 Å². The zero-order valence-corrected chi connectivity index (χ0v) is 16.3. The van der Waals surface area contributed by atoms with Crippen molar-refractivity contribution in [3.63, 3.8) is 0 Å². The summed E-state index contributed by atoms with van der Waals surface area (Å²) in [7, 11) is 0. The van der Waals surface area contributed by atoms with Crippen molar-refractivity contribution in [3.05, 3.63) is 96.2 Å². The minimum absolute atomic E-state index is 0.0827. The molecule has 0 saturated heterocycles. The van der Waals surface area contributed by atoms with E-state index >= 15 is 0 Å². The van der Waals surface area contributed by atoms with Crippen LogP contribution < -0.4 is 10.6 Å². The summed E-state index contributed by atoms with van der Waals surface area (Å²) in [6.07, 6.45) is 0.346. The van der Waals surface area contributed by atoms with E-state index in [9.17, 15) is 22.8 Å². The fourth-order valence-electron chi connectivity index (χ4n) is 2.92. The number of nitrogens with zero attached hydrogens (tertiary/aromatic N) is 2. The Labute approximate surface area is 179 Å². The van der Waals surface area contributed by atoms with Gasteiger partial charge in [0.05, 0.1) is 40.5 Å². The van der Waals surface area contributed by atoms with E-state index in [1.807, 2.05) is 6.07 Å². The van der Waals surface area contributed by atoms with E-state index in [-0.39, 0.29) is 16.8 Å². The number of hydrogen-bond acceptors (Lipinski definition) is 4. The fraction of sp³-hybridized carbons (Fsp3) is 0.0455. The number of para-hydroxylation sites is 1. The van der Waals surface area contributed by atoms with Crippen molar-refractivity contribution in [1.29, 1.82) is 0 Å². The summed E-state index contributed by atoms with van der Waals surface area (Å²) in [5.74, 6) is -1.38. The van der Waals surface area contributed by atoms with Gasteiger partial charge in [-0.3, -0.25) is 9.59 Å². The SMILES string of the molecule is O=C(Nc1ccc(NC(=O)c2cnn(-c3ccccc3)c2)c(C(F)(F)F)c1)c1ccoc1. The van der Waals surface area contributed by atoms with Gasteiger partial charge in [0, 0.05) is 11.9 Å². The third-order valence-corrected chi connectivity index (χ3v) is 4.48. The standard InChI is InChI=1S/C22H15F3N4O3/c23-22(24,25)18-10-16(27-20(30)14-8-9-32-13-14)6-7-19(18)28-21(31)15-11-26-29(12-15)17-4-2-1-3-5-17/h1-13H,(H,27,30)(H,28,31). The monoisotopic (exact) mass is 440 g/mol. The number of carbonyl (C=O) groups is 2. The summed E-state index contributed by atoms with van der Waals surface area (Å²) in [6.45, 7) is 0. The predicted molar refractivity (Wildman–Crippen MR) is 110 cm³/mol. The first kappa shape index (κ1) is 20.9. The van der Waals surface area contributed by atoms with Gasteiger partial charge in [0.2, 0.25) is 0 Å². The molecular weight excluding hydrogens is 425 g/mol. The molecule has 0 atom stereocenters. The molecule has 0 aliphatic carbocycles. The second-order valence-electron chi connectivity index (χ2n) is 6.69. The number of anilines is 2. The van der Waals surface area contributed by atoms with Gasteiger partial charge in [-0.05, 0) is 36.4 Å². The minimum Gasteiger partial charge on any atom is -0.472 e. The van der Waals surface area contributed by atoms with Crippen molar-refractivity contribution in [2.45, 2.75) is 6.18 Å². The molecule has 0 aliphatic heterocycles. The van der Waals surface area contributed by atoms with E-state index < -0.39 is 29.2 Å². The maximum Gasteiger partial charge on any atom is 0.418 e. The van der Waals surface area contributed by atoms with E-state index in [1.165, 1.54) is 41.7 Å². The average Bonchev–Trinajstić information content (AvgIpc) is 3.47. The van der Waals surface area contributed by atoms with Crippen LogP contribution in [0.15, 0.2) is 83.9 Å². The lowest BCUT2D eigenvalue weighted by Crippen LogP contribution is -2.17. The molecule has 0 saturated carbocycles. The molecule has 2 aromatic carbocycles. The Kier molecular flexibility index (Phi) is 5.50. The summed E-state index contributed by atoms with van der Waals surface area (Å²) in [5.41, 5.74) is -0.702. The van der Waals surface area contributed by atoms with Crippen LogP contribution in [0.1, 0.15) is 26.3 Å². The van der Waals surface area contributed by atoms with Crippen molar-refractivity contribution in [2.24, 2.45) is 0 Å². The Morgan fingerprint density at radius 3 is 2.38 bits per heavy atom. The molecule has 7 nitrogen and oxygen atoms in total. The number of amides is 2. The highest BCUT2D eigenvalue weighted by Crippen LogP contribution is 2.37. The average molecular weight is 440 g/mol. The molecule has 0 spiro atoms. The summed E-state index contributed by atoms with van der Waals surface area (Å²) < 4.78 is 47.1. The first-order chi connectivity index (χ1) is 15.3. The van der Waals surface area contributed by atoms with Crippen LogP contribution in [0.2, 0.25) is 0 Å². The van der Waals surface area contributed by atoms with E-state index in [0.29, 0.717) is 5.69 Å². The molecule has 2 N–H and O–H groups in total. The van der Waals surface area contributed by atoms with E-state index in [4.69, 9.17) is 4.42 Å². The van der Waals surface area contributed by atoms with Crippen LogP contribution in [0.25, 0.3) is 5.69 Å². The fourth-order valence-corrected chi connectivity index (χ4v) is 2.92. The molecule has 0 bridgehead atoms. The second-order valence-corrected chi connectivity index (χ2v) is 6.69. The van der Waals surface area contributed by atoms with Gasteiger partial charge < -0.3 is 15.1 Å². The van der Waals surface area contributed by atoms with Gasteiger partial charge in [0.1, 0.15) is 6.26 Å². The van der Waals surface area contributed by atoms with Crippen LogP contribution in [0.5, 0.6) is 0 Å².